The number of amides is 1. The summed E-state index contributed by atoms with van der Waals surface area (Å²) < 4.78 is 0. The van der Waals surface area contributed by atoms with Crippen molar-refractivity contribution in [2.24, 2.45) is 5.41 Å². The summed E-state index contributed by atoms with van der Waals surface area (Å²) in [7, 11) is 3.23. The van der Waals surface area contributed by atoms with Crippen LogP contribution in [0.5, 0.6) is 0 Å². The van der Waals surface area contributed by atoms with Crippen molar-refractivity contribution in [3.05, 3.63) is 0 Å². The Labute approximate surface area is 91.1 Å². The van der Waals surface area contributed by atoms with Gasteiger partial charge >= 0.3 is 0 Å². The lowest BCUT2D eigenvalue weighted by atomic mass is 9.70. The van der Waals surface area contributed by atoms with Gasteiger partial charge < -0.3 is 4.90 Å². The molecule has 3 saturated heterocycles. The molecule has 15 heavy (non-hydrogen) atoms. The first-order valence-corrected chi connectivity index (χ1v) is 5.68. The molecule has 3 heterocycles. The van der Waals surface area contributed by atoms with Crippen molar-refractivity contribution in [1.29, 1.82) is 0 Å². The van der Waals surface area contributed by atoms with E-state index in [0.717, 1.165) is 0 Å². The van der Waals surface area contributed by atoms with Crippen LogP contribution in [0.25, 0.3) is 0 Å². The second kappa shape index (κ2) is 4.10. The minimum atomic E-state index is 0.118. The number of rotatable bonds is 3. The maximum Gasteiger partial charge on any atom is 0.246 e. The second-order valence-corrected chi connectivity index (χ2v) is 4.84. The van der Waals surface area contributed by atoms with E-state index in [9.17, 15) is 4.79 Å². The summed E-state index contributed by atoms with van der Waals surface area (Å²) in [5.74, 6) is 0.118. The largest absolute Gasteiger partial charge is 0.303 e. The fraction of sp³-hybridized carbons (Fsp3) is 0.909. The van der Waals surface area contributed by atoms with E-state index in [1.165, 1.54) is 44.0 Å². The van der Waals surface area contributed by atoms with Gasteiger partial charge in [-0.2, -0.15) is 0 Å². The maximum atomic E-state index is 11.8. The maximum absolute atomic E-state index is 11.8. The minimum Gasteiger partial charge on any atom is -0.303 e. The fourth-order valence-corrected chi connectivity index (χ4v) is 2.70. The van der Waals surface area contributed by atoms with Crippen molar-refractivity contribution in [3.8, 4) is 0 Å². The monoisotopic (exact) mass is 212 g/mol. The molecule has 0 radical (unpaired) electrons. The molecule has 3 rings (SSSR count). The average molecular weight is 212 g/mol. The molecule has 0 spiro atoms. The van der Waals surface area contributed by atoms with E-state index in [1.54, 1.807) is 14.2 Å². The Kier molecular flexibility index (Phi) is 2.98. The van der Waals surface area contributed by atoms with Crippen LogP contribution in [0.15, 0.2) is 0 Å². The number of carbonyl (C=O) groups excluding carboxylic acids is 1. The van der Waals surface area contributed by atoms with Crippen molar-refractivity contribution >= 4 is 5.91 Å². The van der Waals surface area contributed by atoms with Crippen LogP contribution < -0.4 is 0 Å². The topological polar surface area (TPSA) is 32.8 Å². The predicted octanol–water partition coefficient (Wildman–Crippen LogP) is 0.882. The van der Waals surface area contributed by atoms with Crippen LogP contribution in [-0.2, 0) is 9.63 Å². The first-order valence-electron chi connectivity index (χ1n) is 5.68. The van der Waals surface area contributed by atoms with E-state index in [-0.39, 0.29) is 11.3 Å². The van der Waals surface area contributed by atoms with Gasteiger partial charge in [-0.05, 0) is 44.3 Å². The zero-order valence-electron chi connectivity index (χ0n) is 9.66. The van der Waals surface area contributed by atoms with Gasteiger partial charge in [0, 0.05) is 13.5 Å². The van der Waals surface area contributed by atoms with Gasteiger partial charge in [0.15, 0.2) is 0 Å². The molecule has 4 heteroatoms. The Hall–Kier alpha value is -0.610. The first kappa shape index (κ1) is 10.9. The number of hydrogen-bond acceptors (Lipinski definition) is 3. The Morgan fingerprint density at radius 2 is 1.87 bits per heavy atom. The predicted molar refractivity (Wildman–Crippen MR) is 57.1 cm³/mol. The van der Waals surface area contributed by atoms with Gasteiger partial charge in [0.05, 0.1) is 7.11 Å². The zero-order valence-corrected chi connectivity index (χ0v) is 9.66. The number of fused-ring (bicyclic) bond motifs is 3. The normalized spacial score (nSPS) is 34.1. The van der Waals surface area contributed by atoms with Gasteiger partial charge in [0.2, 0.25) is 5.91 Å². The lowest BCUT2D eigenvalue weighted by Crippen LogP contribution is -2.49. The molecule has 2 bridgehead atoms. The highest BCUT2D eigenvalue weighted by Gasteiger charge is 2.41. The third kappa shape index (κ3) is 2.16. The zero-order chi connectivity index (χ0) is 10.9. The van der Waals surface area contributed by atoms with Gasteiger partial charge in [-0.15, -0.1) is 0 Å². The lowest BCUT2D eigenvalue weighted by Gasteiger charge is -2.48. The lowest BCUT2D eigenvalue weighted by molar-refractivity contribution is -0.173. The molecule has 0 N–H and O–H groups in total. The average Bonchev–Trinajstić information content (AvgIpc) is 2.29. The van der Waals surface area contributed by atoms with Crippen molar-refractivity contribution in [3.63, 3.8) is 0 Å². The summed E-state index contributed by atoms with van der Waals surface area (Å²) in [5.41, 5.74) is 0.276. The van der Waals surface area contributed by atoms with E-state index in [0.29, 0.717) is 6.42 Å². The first-order chi connectivity index (χ1) is 7.15. The van der Waals surface area contributed by atoms with Crippen LogP contribution >= 0.6 is 0 Å². The van der Waals surface area contributed by atoms with Crippen molar-refractivity contribution < 1.29 is 9.63 Å². The van der Waals surface area contributed by atoms with E-state index in [2.05, 4.69) is 4.90 Å². The summed E-state index contributed by atoms with van der Waals surface area (Å²) in [4.78, 5) is 19.2. The molecule has 0 aliphatic carbocycles. The second-order valence-electron chi connectivity index (χ2n) is 4.84. The van der Waals surface area contributed by atoms with Gasteiger partial charge in [-0.3, -0.25) is 9.63 Å². The van der Waals surface area contributed by atoms with Gasteiger partial charge in [0.25, 0.3) is 0 Å². The molecule has 1 amide bonds. The standard InChI is InChI=1S/C11H20N2O2/c1-12(15-2)10(14)9-11-3-6-13(7-4-11)8-5-11/h3-9H2,1-2H3. The third-order valence-corrected chi connectivity index (χ3v) is 4.03. The highest BCUT2D eigenvalue weighted by molar-refractivity contribution is 5.75. The van der Waals surface area contributed by atoms with Crippen LogP contribution in [0, 0.1) is 5.41 Å². The molecular formula is C11H20N2O2. The summed E-state index contributed by atoms with van der Waals surface area (Å²) >= 11 is 0. The molecule has 0 aromatic heterocycles. The van der Waals surface area contributed by atoms with Gasteiger partial charge in [-0.25, -0.2) is 5.06 Å². The van der Waals surface area contributed by atoms with Crippen molar-refractivity contribution in [1.82, 2.24) is 9.96 Å². The van der Waals surface area contributed by atoms with Crippen LogP contribution in [0.1, 0.15) is 25.7 Å². The molecular weight excluding hydrogens is 192 g/mol. The van der Waals surface area contributed by atoms with Gasteiger partial charge in [0.1, 0.15) is 0 Å². The summed E-state index contributed by atoms with van der Waals surface area (Å²) in [6.07, 6.45) is 4.19. The molecule has 4 nitrogen and oxygen atoms in total. The molecule has 0 atom stereocenters. The van der Waals surface area contributed by atoms with Gasteiger partial charge in [-0.1, -0.05) is 0 Å². The summed E-state index contributed by atoms with van der Waals surface area (Å²) in [6, 6.07) is 0. The molecule has 3 fully saturated rings. The van der Waals surface area contributed by atoms with E-state index in [1.807, 2.05) is 0 Å². The highest BCUT2D eigenvalue weighted by atomic mass is 16.7. The number of piperidine rings is 3. The molecule has 86 valence electrons. The Balaban J connectivity index is 1.95. The third-order valence-electron chi connectivity index (χ3n) is 4.03. The molecule has 0 aromatic carbocycles. The van der Waals surface area contributed by atoms with E-state index in [4.69, 9.17) is 4.84 Å². The minimum absolute atomic E-state index is 0.118. The van der Waals surface area contributed by atoms with Crippen LogP contribution in [0.4, 0.5) is 0 Å². The van der Waals surface area contributed by atoms with Crippen molar-refractivity contribution in [2.45, 2.75) is 25.7 Å². The smallest absolute Gasteiger partial charge is 0.246 e. The van der Waals surface area contributed by atoms with E-state index >= 15 is 0 Å². The van der Waals surface area contributed by atoms with Crippen LogP contribution in [0.2, 0.25) is 0 Å². The quantitative estimate of drug-likeness (QED) is 0.651. The Morgan fingerprint density at radius 3 is 2.33 bits per heavy atom. The number of hydrogen-bond donors (Lipinski definition) is 0. The van der Waals surface area contributed by atoms with Crippen LogP contribution in [-0.4, -0.2) is 49.7 Å². The number of nitrogens with zero attached hydrogens (tertiary/aromatic N) is 2. The number of carbonyl (C=O) groups is 1. The van der Waals surface area contributed by atoms with Crippen molar-refractivity contribution in [2.75, 3.05) is 33.8 Å². The molecule has 3 aliphatic rings. The molecule has 3 aliphatic heterocycles. The Morgan fingerprint density at radius 1 is 1.33 bits per heavy atom. The fourth-order valence-electron chi connectivity index (χ4n) is 2.70. The summed E-state index contributed by atoms with van der Waals surface area (Å²) in [5, 5.41) is 1.36. The highest BCUT2D eigenvalue weighted by Crippen LogP contribution is 2.43. The molecule has 0 unspecified atom stereocenters. The molecule has 0 saturated carbocycles. The molecule has 0 aromatic rings. The van der Waals surface area contributed by atoms with Crippen LogP contribution in [0.3, 0.4) is 0 Å². The SMILES string of the molecule is CON(C)C(=O)CC12CCN(CC1)CC2. The van der Waals surface area contributed by atoms with E-state index < -0.39 is 0 Å². The summed E-state index contributed by atoms with van der Waals surface area (Å²) in [6.45, 7) is 3.51. The Bertz CT molecular complexity index is 233. The number of hydroxylamine groups is 2.